The molecule has 0 saturated carbocycles. The van der Waals surface area contributed by atoms with Crippen LogP contribution in [0.5, 0.6) is 5.75 Å². The van der Waals surface area contributed by atoms with Crippen molar-refractivity contribution in [2.45, 2.75) is 65.4 Å². The number of hydrogen-bond donors (Lipinski definition) is 0. The van der Waals surface area contributed by atoms with Crippen molar-refractivity contribution < 1.29 is 18.8 Å². The number of aromatic nitrogens is 2. The quantitative estimate of drug-likeness (QED) is 0.738. The van der Waals surface area contributed by atoms with Crippen LogP contribution in [-0.4, -0.2) is 22.7 Å². The maximum atomic E-state index is 12.0. The fourth-order valence-electron chi connectivity index (χ4n) is 2.18. The SMILES string of the molecule is CC(OC(=O)COc1ccc(C(C)(C)C)cc1)c1nc(C(C)(C)C)no1. The lowest BCUT2D eigenvalue weighted by Crippen LogP contribution is -2.18. The molecule has 0 radical (unpaired) electrons. The van der Waals surface area contributed by atoms with Crippen LogP contribution in [-0.2, 0) is 20.4 Å². The minimum atomic E-state index is -0.627. The van der Waals surface area contributed by atoms with E-state index in [-0.39, 0.29) is 23.3 Å². The number of carbonyl (C=O) groups excluding carboxylic acids is 1. The third kappa shape index (κ3) is 5.31. The number of hydrogen-bond acceptors (Lipinski definition) is 6. The molecule has 0 saturated heterocycles. The first-order valence-corrected chi connectivity index (χ1v) is 8.74. The summed E-state index contributed by atoms with van der Waals surface area (Å²) in [4.78, 5) is 16.3. The molecule has 0 amide bonds. The van der Waals surface area contributed by atoms with Crippen molar-refractivity contribution in [3.8, 4) is 5.75 Å². The Morgan fingerprint density at radius 1 is 1.08 bits per heavy atom. The number of carbonyl (C=O) groups is 1. The standard InChI is InChI=1S/C20H28N2O4/c1-13(17-21-18(22-26-17)20(5,6)7)25-16(23)12-24-15-10-8-14(9-11-15)19(2,3)4/h8-11,13H,12H2,1-7H3. The number of nitrogens with zero attached hydrogens (tertiary/aromatic N) is 2. The maximum Gasteiger partial charge on any atom is 0.344 e. The molecule has 1 atom stereocenters. The fraction of sp³-hybridized carbons (Fsp3) is 0.550. The van der Waals surface area contributed by atoms with Gasteiger partial charge < -0.3 is 14.0 Å². The van der Waals surface area contributed by atoms with Gasteiger partial charge in [-0.1, -0.05) is 58.8 Å². The van der Waals surface area contributed by atoms with E-state index in [1.807, 2.05) is 45.0 Å². The molecule has 142 valence electrons. The third-order valence-electron chi connectivity index (χ3n) is 3.85. The summed E-state index contributed by atoms with van der Waals surface area (Å²) >= 11 is 0. The third-order valence-corrected chi connectivity index (χ3v) is 3.85. The molecule has 6 nitrogen and oxygen atoms in total. The molecular formula is C20H28N2O4. The van der Waals surface area contributed by atoms with Gasteiger partial charge in [0.2, 0.25) is 0 Å². The molecule has 2 rings (SSSR count). The molecule has 0 aliphatic rings. The Labute approximate surface area is 154 Å². The predicted octanol–water partition coefficient (Wildman–Crippen LogP) is 4.35. The van der Waals surface area contributed by atoms with E-state index in [1.165, 1.54) is 5.56 Å². The van der Waals surface area contributed by atoms with Crippen molar-refractivity contribution in [3.63, 3.8) is 0 Å². The minimum absolute atomic E-state index is 0.0723. The molecule has 0 aliphatic heterocycles. The molecule has 0 N–H and O–H groups in total. The average molecular weight is 360 g/mol. The lowest BCUT2D eigenvalue weighted by atomic mass is 9.87. The van der Waals surface area contributed by atoms with Crippen molar-refractivity contribution in [1.82, 2.24) is 10.1 Å². The molecule has 1 heterocycles. The van der Waals surface area contributed by atoms with Crippen LogP contribution >= 0.6 is 0 Å². The molecular weight excluding hydrogens is 332 g/mol. The van der Waals surface area contributed by atoms with Crippen molar-refractivity contribution in [1.29, 1.82) is 0 Å². The van der Waals surface area contributed by atoms with Crippen molar-refractivity contribution in [2.24, 2.45) is 0 Å². The Kier molecular flexibility index (Phi) is 5.74. The van der Waals surface area contributed by atoms with Crippen LogP contribution in [0.25, 0.3) is 0 Å². The van der Waals surface area contributed by atoms with Crippen molar-refractivity contribution in [3.05, 3.63) is 41.5 Å². The predicted molar refractivity (Wildman–Crippen MR) is 98.1 cm³/mol. The molecule has 0 fully saturated rings. The van der Waals surface area contributed by atoms with Gasteiger partial charge in [-0.25, -0.2) is 4.79 Å². The molecule has 26 heavy (non-hydrogen) atoms. The second-order valence-corrected chi connectivity index (χ2v) is 8.40. The zero-order chi connectivity index (χ0) is 19.5. The topological polar surface area (TPSA) is 74.5 Å². The van der Waals surface area contributed by atoms with Gasteiger partial charge in [0.15, 0.2) is 18.5 Å². The molecule has 0 spiro atoms. The van der Waals surface area contributed by atoms with E-state index in [2.05, 4.69) is 30.9 Å². The molecule has 2 aromatic rings. The van der Waals surface area contributed by atoms with Crippen molar-refractivity contribution >= 4 is 5.97 Å². The first kappa shape index (κ1) is 19.9. The average Bonchev–Trinajstić information content (AvgIpc) is 3.03. The van der Waals surface area contributed by atoms with Gasteiger partial charge in [-0.2, -0.15) is 4.98 Å². The summed E-state index contributed by atoms with van der Waals surface area (Å²) < 4.78 is 16.0. The van der Waals surface area contributed by atoms with Crippen LogP contribution in [0.1, 0.15) is 71.8 Å². The van der Waals surface area contributed by atoms with Gasteiger partial charge in [0.05, 0.1) is 0 Å². The summed E-state index contributed by atoms with van der Waals surface area (Å²) in [6.45, 7) is 13.9. The summed E-state index contributed by atoms with van der Waals surface area (Å²) in [5.41, 5.74) is 1.04. The highest BCUT2D eigenvalue weighted by molar-refractivity contribution is 5.71. The highest BCUT2D eigenvalue weighted by atomic mass is 16.6. The summed E-state index contributed by atoms with van der Waals surface area (Å²) in [6, 6.07) is 7.70. The summed E-state index contributed by atoms with van der Waals surface area (Å²) in [6.07, 6.45) is -0.627. The Balaban J connectivity index is 1.87. The van der Waals surface area contributed by atoms with E-state index in [0.717, 1.165) is 0 Å². The number of esters is 1. The van der Waals surface area contributed by atoms with Gasteiger partial charge in [-0.15, -0.1) is 0 Å². The van der Waals surface area contributed by atoms with Crippen LogP contribution in [0, 0.1) is 0 Å². The molecule has 0 bridgehead atoms. The summed E-state index contributed by atoms with van der Waals surface area (Å²) in [5, 5.41) is 3.93. The van der Waals surface area contributed by atoms with Gasteiger partial charge in [-0.05, 0) is 30.0 Å². The highest BCUT2D eigenvalue weighted by Crippen LogP contribution is 2.25. The molecule has 1 aromatic carbocycles. The van der Waals surface area contributed by atoms with E-state index in [1.54, 1.807) is 6.92 Å². The zero-order valence-corrected chi connectivity index (χ0v) is 16.6. The first-order chi connectivity index (χ1) is 12.0. The first-order valence-electron chi connectivity index (χ1n) is 8.74. The second kappa shape index (κ2) is 7.48. The van der Waals surface area contributed by atoms with E-state index in [4.69, 9.17) is 14.0 Å². The zero-order valence-electron chi connectivity index (χ0n) is 16.6. The Hall–Kier alpha value is -2.37. The van der Waals surface area contributed by atoms with Crippen LogP contribution in [0.3, 0.4) is 0 Å². The highest BCUT2D eigenvalue weighted by Gasteiger charge is 2.25. The van der Waals surface area contributed by atoms with Gasteiger partial charge >= 0.3 is 5.97 Å². The van der Waals surface area contributed by atoms with E-state index in [0.29, 0.717) is 11.6 Å². The molecule has 1 aromatic heterocycles. The second-order valence-electron chi connectivity index (χ2n) is 8.40. The number of ether oxygens (including phenoxy) is 2. The summed E-state index contributed by atoms with van der Waals surface area (Å²) in [7, 11) is 0. The van der Waals surface area contributed by atoms with Crippen molar-refractivity contribution in [2.75, 3.05) is 6.61 Å². The smallest absolute Gasteiger partial charge is 0.344 e. The van der Waals surface area contributed by atoms with Gasteiger partial charge in [0, 0.05) is 5.41 Å². The molecule has 6 heteroatoms. The Morgan fingerprint density at radius 2 is 1.69 bits per heavy atom. The van der Waals surface area contributed by atoms with E-state index in [9.17, 15) is 4.79 Å². The Bertz CT molecular complexity index is 736. The van der Waals surface area contributed by atoms with E-state index < -0.39 is 12.1 Å². The van der Waals surface area contributed by atoms with Crippen LogP contribution in [0.2, 0.25) is 0 Å². The lowest BCUT2D eigenvalue weighted by molar-refractivity contribution is -0.152. The normalized spacial score (nSPS) is 13.3. The monoisotopic (exact) mass is 360 g/mol. The van der Waals surface area contributed by atoms with Crippen LogP contribution < -0.4 is 4.74 Å². The van der Waals surface area contributed by atoms with Gasteiger partial charge in [0.25, 0.3) is 5.89 Å². The number of benzene rings is 1. The van der Waals surface area contributed by atoms with Gasteiger partial charge in [0.1, 0.15) is 5.75 Å². The maximum absolute atomic E-state index is 12.0. The van der Waals surface area contributed by atoms with Crippen LogP contribution in [0.15, 0.2) is 28.8 Å². The fourth-order valence-corrected chi connectivity index (χ4v) is 2.18. The summed E-state index contributed by atoms with van der Waals surface area (Å²) in [5.74, 6) is 0.978. The largest absolute Gasteiger partial charge is 0.482 e. The molecule has 0 aliphatic carbocycles. The lowest BCUT2D eigenvalue weighted by Gasteiger charge is -2.19. The van der Waals surface area contributed by atoms with E-state index >= 15 is 0 Å². The van der Waals surface area contributed by atoms with Crippen LogP contribution in [0.4, 0.5) is 0 Å². The number of rotatable bonds is 5. The Morgan fingerprint density at radius 3 is 2.19 bits per heavy atom. The molecule has 1 unspecified atom stereocenters. The minimum Gasteiger partial charge on any atom is -0.482 e. The van der Waals surface area contributed by atoms with Gasteiger partial charge in [-0.3, -0.25) is 0 Å².